The molecule has 0 heterocycles. The van der Waals surface area contributed by atoms with Crippen LogP contribution in [0.25, 0.3) is 66.8 Å². The normalized spacial score (nSPS) is 10.4. The van der Waals surface area contributed by atoms with E-state index in [4.69, 9.17) is 32.7 Å². The molecule has 0 radical (unpaired) electrons. The third kappa shape index (κ3) is 17.8. The van der Waals surface area contributed by atoms with Gasteiger partial charge in [0, 0.05) is 34.1 Å². The van der Waals surface area contributed by atoms with Crippen molar-refractivity contribution in [3.05, 3.63) is 297 Å². The van der Waals surface area contributed by atoms with Crippen molar-refractivity contribution >= 4 is 108 Å². The number of rotatable bonds is 14. The average molecular weight is 1400 g/mol. The summed E-state index contributed by atoms with van der Waals surface area (Å²) in [5, 5.41) is 29.2. The van der Waals surface area contributed by atoms with Crippen LogP contribution in [-0.4, -0.2) is 38.1 Å². The summed E-state index contributed by atoms with van der Waals surface area (Å²) in [5.41, 5.74) is 20.9. The van der Waals surface area contributed by atoms with Crippen LogP contribution in [-0.2, 0) is 0 Å². The van der Waals surface area contributed by atoms with Gasteiger partial charge in [0.1, 0.15) is 28.7 Å². The molecule has 0 aliphatic carbocycles. The molecule has 0 aromatic heterocycles. The van der Waals surface area contributed by atoms with Crippen molar-refractivity contribution in [2.75, 3.05) is 29.4 Å². The van der Waals surface area contributed by atoms with Gasteiger partial charge in [0.2, 0.25) is 0 Å². The fourth-order valence-corrected chi connectivity index (χ4v) is 9.99. The van der Waals surface area contributed by atoms with Gasteiger partial charge in [-0.3, -0.25) is 0 Å². The molecule has 0 unspecified atom stereocenters. The highest BCUT2D eigenvalue weighted by Crippen LogP contribution is 2.41. The van der Waals surface area contributed by atoms with E-state index in [1.807, 2.05) is 60.7 Å². The van der Waals surface area contributed by atoms with Gasteiger partial charge in [0.25, 0.3) is 0 Å². The molecule has 0 atom stereocenters. The minimum Gasteiger partial charge on any atom is -0.508 e. The SMILES string of the molecule is BrB(Br)Br.COc1ccc(-c2ccc(N(c3ccc(-c4ccc(C)cc4)cc3)c3ccc(-c4ccc(OC)cc4)cc3)cc2)cc1.ClCCl.Oc1ccc(-c2ccc(N(c3ccc(-c4ccc(O)cc4)cc3)c3ccc(-c4ccc(O)cc4)cc3)cc2)cc1. The molecule has 0 fully saturated rings. The molecule has 0 aliphatic heterocycles. The van der Waals surface area contributed by atoms with Crippen LogP contribution in [0.15, 0.2) is 291 Å². The first-order chi connectivity index (χ1) is 43.3. The Kier molecular flexibility index (Phi) is 23.3. The summed E-state index contributed by atoms with van der Waals surface area (Å²) >= 11 is 18.8. The first-order valence-corrected chi connectivity index (χ1v) is 32.1. The average Bonchev–Trinajstić information content (AvgIpc) is 3.18. The van der Waals surface area contributed by atoms with Crippen LogP contribution in [0.2, 0.25) is 0 Å². The Bertz CT molecular complexity index is 3790. The van der Waals surface area contributed by atoms with E-state index in [0.29, 0.717) is 0 Å². The topological polar surface area (TPSA) is 85.6 Å². The molecule has 0 spiro atoms. The summed E-state index contributed by atoms with van der Waals surface area (Å²) in [5.74, 6) is 2.46. The summed E-state index contributed by atoms with van der Waals surface area (Å²) in [6.07, 6.45) is 0. The van der Waals surface area contributed by atoms with E-state index in [9.17, 15) is 15.3 Å². The van der Waals surface area contributed by atoms with Crippen LogP contribution in [0.3, 0.4) is 0 Å². The zero-order chi connectivity index (χ0) is 62.7. The molecule has 0 aliphatic rings. The Morgan fingerprint density at radius 1 is 0.281 bits per heavy atom. The Morgan fingerprint density at radius 2 is 0.416 bits per heavy atom. The number of phenolic OH excluding ortho intramolecular Hbond substituents is 3. The molecule has 13 heteroatoms. The maximum absolute atomic E-state index is 9.65. The molecule has 0 saturated carbocycles. The van der Waals surface area contributed by atoms with Crippen LogP contribution >= 0.6 is 70.5 Å². The molecular weight excluding hydrogens is 1340 g/mol. The standard InChI is InChI=1S/C39H33NO2.C36H27NO3.CH2Cl2.BBr3/c1-28-4-6-29(7-5-28)30-8-18-35(19-9-30)40(36-20-10-31(11-21-36)33-14-24-38(41-2)25-15-33)37-22-12-32(13-23-37)34-16-26-39(42-3)27-17-34;38-34-19-7-28(8-20-34)25-1-13-31(14-2-25)37(32-15-3-26(4-16-32)29-9-21-35(39)22-10-29)33-17-5-27(6-18-33)30-11-23-36(40)24-12-30;2-1-3;2-1(3)4/h4-27H,1-3H3;1-24,38-40H;1H2;. The quantitative estimate of drug-likeness (QED) is 0.0739. The number of ether oxygens (including phenoxy) is 2. The van der Waals surface area contributed by atoms with Crippen LogP contribution in [0.1, 0.15) is 5.56 Å². The van der Waals surface area contributed by atoms with Gasteiger partial charge in [0.05, 0.1) is 19.6 Å². The lowest BCUT2D eigenvalue weighted by atomic mass is 10.0. The van der Waals surface area contributed by atoms with E-state index in [-0.39, 0.29) is 25.8 Å². The van der Waals surface area contributed by atoms with Gasteiger partial charge in [-0.25, -0.2) is 0 Å². The number of nitrogens with zero attached hydrogens (tertiary/aromatic N) is 2. The fraction of sp³-hybridized carbons (Fsp3) is 0.0526. The second-order valence-corrected chi connectivity index (χ2v) is 27.5. The first-order valence-electron chi connectivity index (χ1n) is 28.3. The van der Waals surface area contributed by atoms with Gasteiger partial charge in [0.15, 0.2) is 0 Å². The molecule has 0 bridgehead atoms. The summed E-state index contributed by atoms with van der Waals surface area (Å²) in [7, 11) is 3.38. The van der Waals surface area contributed by atoms with Crippen LogP contribution in [0, 0.1) is 6.92 Å². The Hall–Kier alpha value is -8.68. The molecule has 89 heavy (non-hydrogen) atoms. The zero-order valence-electron chi connectivity index (χ0n) is 48.9. The van der Waals surface area contributed by atoms with Crippen molar-refractivity contribution in [3.8, 4) is 95.5 Å². The number of halogens is 5. The second-order valence-electron chi connectivity index (χ2n) is 20.3. The molecule has 3 N–H and O–H groups in total. The summed E-state index contributed by atoms with van der Waals surface area (Å²) in [6.45, 7) is 2.12. The highest BCUT2D eigenvalue weighted by molar-refractivity contribution is 9.69. The lowest BCUT2D eigenvalue weighted by Crippen LogP contribution is -2.09. The molecule has 444 valence electrons. The largest absolute Gasteiger partial charge is 0.508 e. The predicted octanol–water partition coefficient (Wildman–Crippen LogP) is 23.3. The number of alkyl halides is 2. The smallest absolute Gasteiger partial charge is 0.369 e. The number of aromatic hydroxyl groups is 3. The van der Waals surface area contributed by atoms with Crippen molar-refractivity contribution in [3.63, 3.8) is 0 Å². The third-order valence-corrected chi connectivity index (χ3v) is 14.6. The lowest BCUT2D eigenvalue weighted by Gasteiger charge is -2.26. The molecule has 0 amide bonds. The Balaban J connectivity index is 0.000000192. The van der Waals surface area contributed by atoms with Crippen LogP contribution in [0.4, 0.5) is 34.1 Å². The van der Waals surface area contributed by atoms with E-state index in [1.165, 1.54) is 16.7 Å². The first kappa shape index (κ1) is 64.8. The highest BCUT2D eigenvalue weighted by Gasteiger charge is 2.16. The number of benzene rings is 12. The van der Waals surface area contributed by atoms with Gasteiger partial charge in [-0.1, -0.05) is 163 Å². The van der Waals surface area contributed by atoms with Crippen molar-refractivity contribution < 1.29 is 24.8 Å². The summed E-state index contributed by atoms with van der Waals surface area (Å²) in [6, 6.07) is 98.0. The van der Waals surface area contributed by atoms with Crippen molar-refractivity contribution in [2.24, 2.45) is 0 Å². The maximum atomic E-state index is 9.65. The number of aryl methyl sites for hydroxylation is 1. The molecule has 7 nitrogen and oxygen atoms in total. The van der Waals surface area contributed by atoms with E-state index >= 15 is 0 Å². The van der Waals surface area contributed by atoms with Gasteiger partial charge < -0.3 is 34.6 Å². The van der Waals surface area contributed by atoms with E-state index in [0.717, 1.165) is 101 Å². The van der Waals surface area contributed by atoms with E-state index < -0.39 is 0 Å². The minimum absolute atomic E-state index is 0.194. The number of hydrogen-bond acceptors (Lipinski definition) is 7. The number of anilines is 6. The molecule has 12 aromatic carbocycles. The fourth-order valence-electron chi connectivity index (χ4n) is 9.99. The van der Waals surface area contributed by atoms with Gasteiger partial charge in [-0.05, 0) is 207 Å². The Labute approximate surface area is 556 Å². The Morgan fingerprint density at radius 3 is 0.573 bits per heavy atom. The van der Waals surface area contributed by atoms with Crippen LogP contribution < -0.4 is 19.3 Å². The maximum Gasteiger partial charge on any atom is 0.369 e. The monoisotopic (exact) mass is 1400 g/mol. The summed E-state index contributed by atoms with van der Waals surface area (Å²) in [4.78, 5) is 4.51. The number of phenols is 3. The number of hydrogen-bond donors (Lipinski definition) is 3. The van der Waals surface area contributed by atoms with Crippen molar-refractivity contribution in [1.29, 1.82) is 0 Å². The predicted molar refractivity (Wildman–Crippen MR) is 387 cm³/mol. The molecule has 12 rings (SSSR count). The third-order valence-electron chi connectivity index (χ3n) is 14.6. The lowest BCUT2D eigenvalue weighted by molar-refractivity contribution is 0.415. The van der Waals surface area contributed by atoms with E-state index in [2.05, 4.69) is 258 Å². The van der Waals surface area contributed by atoms with Crippen LogP contribution in [0.5, 0.6) is 28.7 Å². The molecule has 0 saturated heterocycles. The van der Waals surface area contributed by atoms with E-state index in [1.54, 1.807) is 50.6 Å². The molecular formula is C76H62BBr3Cl2N2O5. The number of methoxy groups -OCH3 is 2. The minimum atomic E-state index is 0.194. The molecule has 12 aromatic rings. The second kappa shape index (κ2) is 32.0. The van der Waals surface area contributed by atoms with Crippen molar-refractivity contribution in [1.82, 2.24) is 0 Å². The van der Waals surface area contributed by atoms with Gasteiger partial charge in [-0.2, -0.15) is 0 Å². The highest BCUT2D eigenvalue weighted by atomic mass is 79.9. The zero-order valence-corrected chi connectivity index (χ0v) is 55.2. The van der Waals surface area contributed by atoms with Gasteiger partial charge >= 0.3 is 3.18 Å². The summed E-state index contributed by atoms with van der Waals surface area (Å²) < 4.78 is 10.9. The van der Waals surface area contributed by atoms with Gasteiger partial charge in [-0.15, -0.1) is 70.5 Å². The van der Waals surface area contributed by atoms with Crippen molar-refractivity contribution in [2.45, 2.75) is 6.92 Å².